The van der Waals surface area contributed by atoms with Crippen LogP contribution >= 0.6 is 0 Å². The number of hydrogen-bond donors (Lipinski definition) is 3. The molecule has 9 heteroatoms. The Kier molecular flexibility index (Phi) is 3.98. The number of H-pyrrole nitrogens is 1. The molecule has 0 aliphatic carbocycles. The molecule has 1 amide bonds. The average molecular weight is 330 g/mol. The molecule has 0 spiro atoms. The van der Waals surface area contributed by atoms with Gasteiger partial charge in [-0.25, -0.2) is 9.78 Å². The van der Waals surface area contributed by atoms with Crippen LogP contribution in [0.25, 0.3) is 0 Å². The molecule has 0 bridgehead atoms. The third-order valence-electron chi connectivity index (χ3n) is 4.05. The SMILES string of the molecule is O=C(O)c1[nH]cnc1C(=O)N1C[C@@H](C(=O)O)[C@H](c2ccccn2)C1. The van der Waals surface area contributed by atoms with E-state index >= 15 is 0 Å². The maximum atomic E-state index is 12.5. The first-order valence-corrected chi connectivity index (χ1v) is 7.18. The predicted octanol–water partition coefficient (Wildman–Crippen LogP) is 0.443. The fraction of sp³-hybridized carbons (Fsp3) is 0.267. The number of aromatic carboxylic acids is 1. The first-order chi connectivity index (χ1) is 11.5. The summed E-state index contributed by atoms with van der Waals surface area (Å²) in [6, 6.07) is 5.19. The van der Waals surface area contributed by atoms with E-state index in [1.165, 1.54) is 4.90 Å². The molecule has 0 aromatic carbocycles. The van der Waals surface area contributed by atoms with E-state index in [1.807, 2.05) is 0 Å². The number of imidazole rings is 1. The summed E-state index contributed by atoms with van der Waals surface area (Å²) in [7, 11) is 0. The van der Waals surface area contributed by atoms with Gasteiger partial charge < -0.3 is 20.1 Å². The number of nitrogens with zero attached hydrogens (tertiary/aromatic N) is 3. The van der Waals surface area contributed by atoms with Crippen molar-refractivity contribution in [1.29, 1.82) is 0 Å². The Morgan fingerprint density at radius 1 is 1.17 bits per heavy atom. The highest BCUT2D eigenvalue weighted by atomic mass is 16.4. The van der Waals surface area contributed by atoms with Gasteiger partial charge in [0.05, 0.1) is 12.2 Å². The maximum absolute atomic E-state index is 12.5. The number of likely N-dealkylation sites (tertiary alicyclic amines) is 1. The second-order valence-corrected chi connectivity index (χ2v) is 5.45. The van der Waals surface area contributed by atoms with Crippen LogP contribution in [0.15, 0.2) is 30.7 Å². The number of carboxylic acid groups (broad SMARTS) is 2. The number of aliphatic carboxylic acids is 1. The van der Waals surface area contributed by atoms with Crippen molar-refractivity contribution < 1.29 is 24.6 Å². The lowest BCUT2D eigenvalue weighted by molar-refractivity contribution is -0.141. The summed E-state index contributed by atoms with van der Waals surface area (Å²) < 4.78 is 0. The first-order valence-electron chi connectivity index (χ1n) is 7.18. The first kappa shape index (κ1) is 15.7. The molecular formula is C15H14N4O5. The van der Waals surface area contributed by atoms with Gasteiger partial charge in [0.1, 0.15) is 0 Å². The van der Waals surface area contributed by atoms with Gasteiger partial charge in [-0.15, -0.1) is 0 Å². The molecule has 24 heavy (non-hydrogen) atoms. The Morgan fingerprint density at radius 3 is 2.58 bits per heavy atom. The van der Waals surface area contributed by atoms with Crippen LogP contribution in [-0.2, 0) is 4.79 Å². The van der Waals surface area contributed by atoms with Gasteiger partial charge in [-0.2, -0.15) is 0 Å². The average Bonchev–Trinajstić information content (AvgIpc) is 3.22. The molecule has 0 radical (unpaired) electrons. The van der Waals surface area contributed by atoms with Gasteiger partial charge in [-0.1, -0.05) is 6.07 Å². The van der Waals surface area contributed by atoms with Gasteiger partial charge in [0.2, 0.25) is 0 Å². The zero-order chi connectivity index (χ0) is 17.3. The highest BCUT2D eigenvalue weighted by molar-refractivity contribution is 6.02. The maximum Gasteiger partial charge on any atom is 0.354 e. The van der Waals surface area contributed by atoms with Crippen LogP contribution in [0.1, 0.15) is 32.6 Å². The highest BCUT2D eigenvalue weighted by Gasteiger charge is 2.42. The molecule has 3 N–H and O–H groups in total. The minimum absolute atomic E-state index is 0.0265. The Bertz CT molecular complexity index is 788. The summed E-state index contributed by atoms with van der Waals surface area (Å²) >= 11 is 0. The normalized spacial score (nSPS) is 20.1. The molecule has 124 valence electrons. The predicted molar refractivity (Wildman–Crippen MR) is 79.6 cm³/mol. The van der Waals surface area contributed by atoms with Crippen LogP contribution < -0.4 is 0 Å². The molecule has 1 saturated heterocycles. The van der Waals surface area contributed by atoms with E-state index in [1.54, 1.807) is 24.4 Å². The number of carbonyl (C=O) groups is 3. The number of carboxylic acids is 2. The lowest BCUT2D eigenvalue weighted by Gasteiger charge is -2.15. The van der Waals surface area contributed by atoms with E-state index in [-0.39, 0.29) is 24.5 Å². The fourth-order valence-electron chi connectivity index (χ4n) is 2.88. The van der Waals surface area contributed by atoms with Crippen molar-refractivity contribution in [3.05, 3.63) is 47.8 Å². The van der Waals surface area contributed by atoms with Gasteiger partial charge in [-0.3, -0.25) is 14.6 Å². The quantitative estimate of drug-likeness (QED) is 0.740. The number of hydrogen-bond acceptors (Lipinski definition) is 5. The second-order valence-electron chi connectivity index (χ2n) is 5.45. The molecule has 9 nitrogen and oxygen atoms in total. The summed E-state index contributed by atoms with van der Waals surface area (Å²) in [5.74, 6) is -4.21. The van der Waals surface area contributed by atoms with Crippen molar-refractivity contribution in [2.24, 2.45) is 5.92 Å². The Hall–Kier alpha value is -3.23. The van der Waals surface area contributed by atoms with Crippen molar-refractivity contribution in [1.82, 2.24) is 19.9 Å². The second kappa shape index (κ2) is 6.11. The van der Waals surface area contributed by atoms with Crippen LogP contribution in [0.2, 0.25) is 0 Å². The lowest BCUT2D eigenvalue weighted by atomic mass is 9.93. The minimum atomic E-state index is -1.30. The standard InChI is InChI=1S/C15H14N4O5/c20-13(11-12(15(23)24)18-7-17-11)19-5-8(9(6-19)14(21)22)10-3-1-2-4-16-10/h1-4,7-9H,5-6H2,(H,17,18)(H,21,22)(H,23,24)/t8-,9-/m1/s1. The molecule has 1 fully saturated rings. The summed E-state index contributed by atoms with van der Waals surface area (Å²) in [5.41, 5.74) is 0.0437. The van der Waals surface area contributed by atoms with Crippen molar-refractivity contribution in [2.75, 3.05) is 13.1 Å². The van der Waals surface area contributed by atoms with E-state index in [4.69, 9.17) is 5.11 Å². The molecule has 2 aromatic heterocycles. The monoisotopic (exact) mass is 330 g/mol. The lowest BCUT2D eigenvalue weighted by Crippen LogP contribution is -2.31. The summed E-state index contributed by atoms with van der Waals surface area (Å²) in [6.07, 6.45) is 2.69. The number of amides is 1. The summed E-state index contributed by atoms with van der Waals surface area (Å²) in [5, 5.41) is 18.5. The van der Waals surface area contributed by atoms with Crippen LogP contribution in [-0.4, -0.2) is 61.0 Å². The van der Waals surface area contributed by atoms with Crippen LogP contribution in [0, 0.1) is 5.92 Å². The molecule has 2 atom stereocenters. The zero-order valence-corrected chi connectivity index (χ0v) is 12.4. The topological polar surface area (TPSA) is 136 Å². The molecular weight excluding hydrogens is 316 g/mol. The van der Waals surface area contributed by atoms with E-state index in [9.17, 15) is 19.5 Å². The van der Waals surface area contributed by atoms with Gasteiger partial charge in [-0.05, 0) is 12.1 Å². The number of aromatic amines is 1. The fourth-order valence-corrected chi connectivity index (χ4v) is 2.88. The number of carbonyl (C=O) groups excluding carboxylic acids is 1. The zero-order valence-electron chi connectivity index (χ0n) is 12.4. The highest BCUT2D eigenvalue weighted by Crippen LogP contribution is 2.32. The molecule has 0 unspecified atom stereocenters. The Balaban J connectivity index is 1.88. The van der Waals surface area contributed by atoms with Crippen LogP contribution in [0.3, 0.4) is 0 Å². The van der Waals surface area contributed by atoms with Crippen molar-refractivity contribution in [2.45, 2.75) is 5.92 Å². The summed E-state index contributed by atoms with van der Waals surface area (Å²) in [6.45, 7) is 0.111. The van der Waals surface area contributed by atoms with Crippen molar-refractivity contribution in [3.8, 4) is 0 Å². The molecule has 3 rings (SSSR count). The van der Waals surface area contributed by atoms with E-state index in [0.29, 0.717) is 5.69 Å². The van der Waals surface area contributed by atoms with Gasteiger partial charge in [0.25, 0.3) is 5.91 Å². The van der Waals surface area contributed by atoms with Crippen LogP contribution in [0.4, 0.5) is 0 Å². The van der Waals surface area contributed by atoms with Crippen molar-refractivity contribution in [3.63, 3.8) is 0 Å². The third-order valence-corrected chi connectivity index (χ3v) is 4.05. The molecule has 1 aliphatic rings. The van der Waals surface area contributed by atoms with E-state index in [0.717, 1.165) is 6.33 Å². The largest absolute Gasteiger partial charge is 0.481 e. The number of aromatic nitrogens is 3. The molecule has 2 aromatic rings. The summed E-state index contributed by atoms with van der Waals surface area (Å²) in [4.78, 5) is 46.8. The Morgan fingerprint density at radius 2 is 1.96 bits per heavy atom. The molecule has 1 aliphatic heterocycles. The Labute approximate surface area is 136 Å². The van der Waals surface area contributed by atoms with Gasteiger partial charge in [0, 0.05) is 30.9 Å². The number of rotatable bonds is 4. The smallest absolute Gasteiger partial charge is 0.354 e. The van der Waals surface area contributed by atoms with Crippen LogP contribution in [0.5, 0.6) is 0 Å². The van der Waals surface area contributed by atoms with Gasteiger partial charge in [0.15, 0.2) is 11.4 Å². The van der Waals surface area contributed by atoms with E-state index in [2.05, 4.69) is 15.0 Å². The van der Waals surface area contributed by atoms with E-state index < -0.39 is 29.7 Å². The number of pyridine rings is 1. The molecule has 3 heterocycles. The number of nitrogens with one attached hydrogen (secondary N) is 1. The van der Waals surface area contributed by atoms with Crippen molar-refractivity contribution >= 4 is 17.8 Å². The molecule has 0 saturated carbocycles. The third kappa shape index (κ3) is 2.71. The van der Waals surface area contributed by atoms with Gasteiger partial charge >= 0.3 is 11.9 Å². The minimum Gasteiger partial charge on any atom is -0.481 e.